The Balaban J connectivity index is 3.60. The van der Waals surface area contributed by atoms with E-state index < -0.39 is 4.92 Å². The first-order chi connectivity index (χ1) is 5.95. The van der Waals surface area contributed by atoms with Gasteiger partial charge in [-0.2, -0.15) is 0 Å². The van der Waals surface area contributed by atoms with Crippen molar-refractivity contribution in [3.8, 4) is 0 Å². The molecule has 0 radical (unpaired) electrons. The molecule has 0 aliphatic rings. The van der Waals surface area contributed by atoms with Gasteiger partial charge in [0.15, 0.2) is 5.82 Å². The average Bonchev–Trinajstić information content (AvgIpc) is 2.07. The highest BCUT2D eigenvalue weighted by molar-refractivity contribution is 5.53. The number of nitrogens with zero attached hydrogens (tertiary/aromatic N) is 2. The van der Waals surface area contributed by atoms with E-state index in [4.69, 9.17) is 5.73 Å². The molecular formula is C7H9N3O3. The minimum absolute atomic E-state index is 0.124. The molecule has 70 valence electrons. The molecule has 0 spiro atoms. The lowest BCUT2D eigenvalue weighted by atomic mass is 10.2. The van der Waals surface area contributed by atoms with Gasteiger partial charge in [-0.3, -0.25) is 19.5 Å². The van der Waals surface area contributed by atoms with E-state index in [9.17, 15) is 14.9 Å². The monoisotopic (exact) mass is 183 g/mol. The fourth-order valence-corrected chi connectivity index (χ4v) is 1.03. The zero-order chi connectivity index (χ0) is 10.2. The fraction of sp³-hybridized carbons (Fsp3) is 0.286. The van der Waals surface area contributed by atoms with Crippen molar-refractivity contribution in [1.82, 2.24) is 4.57 Å². The van der Waals surface area contributed by atoms with Gasteiger partial charge in [-0.15, -0.1) is 0 Å². The smallest absolute Gasteiger partial charge is 0.309 e. The maximum Gasteiger partial charge on any atom is 0.309 e. The standard InChI is InChI=1S/C7H9N3O3/c1-4-3-5(10(12)13)6(8)9(2)7(4)11/h3H,8H2,1-2H3. The van der Waals surface area contributed by atoms with Crippen molar-refractivity contribution >= 4 is 11.5 Å². The Hall–Kier alpha value is -1.85. The summed E-state index contributed by atoms with van der Waals surface area (Å²) < 4.78 is 1.06. The molecule has 0 aliphatic carbocycles. The van der Waals surface area contributed by atoms with E-state index in [2.05, 4.69) is 0 Å². The van der Waals surface area contributed by atoms with Crippen LogP contribution in [-0.4, -0.2) is 9.49 Å². The number of pyridine rings is 1. The number of anilines is 1. The maximum atomic E-state index is 11.2. The van der Waals surface area contributed by atoms with Crippen LogP contribution in [0.2, 0.25) is 0 Å². The van der Waals surface area contributed by atoms with Gasteiger partial charge in [0.1, 0.15) is 0 Å². The Bertz CT molecular complexity index is 422. The molecule has 2 N–H and O–H groups in total. The molecule has 13 heavy (non-hydrogen) atoms. The summed E-state index contributed by atoms with van der Waals surface area (Å²) in [5.74, 6) is -0.124. The normalized spacial score (nSPS) is 10.0. The van der Waals surface area contributed by atoms with Crippen molar-refractivity contribution < 1.29 is 4.92 Å². The summed E-state index contributed by atoms with van der Waals surface area (Å²) in [6, 6.07) is 1.18. The Morgan fingerprint density at radius 1 is 1.62 bits per heavy atom. The van der Waals surface area contributed by atoms with E-state index in [-0.39, 0.29) is 17.1 Å². The van der Waals surface area contributed by atoms with Gasteiger partial charge < -0.3 is 5.73 Å². The first-order valence-electron chi connectivity index (χ1n) is 3.55. The first kappa shape index (κ1) is 9.24. The molecule has 1 aromatic heterocycles. The van der Waals surface area contributed by atoms with E-state index in [1.807, 2.05) is 0 Å². The highest BCUT2D eigenvalue weighted by Gasteiger charge is 2.16. The number of aryl methyl sites for hydroxylation is 1. The largest absolute Gasteiger partial charge is 0.379 e. The van der Waals surface area contributed by atoms with Crippen LogP contribution >= 0.6 is 0 Å². The molecule has 0 fully saturated rings. The van der Waals surface area contributed by atoms with E-state index in [1.54, 1.807) is 0 Å². The molecule has 0 aliphatic heterocycles. The molecule has 0 unspecified atom stereocenters. The van der Waals surface area contributed by atoms with Gasteiger partial charge in [0.05, 0.1) is 4.92 Å². The summed E-state index contributed by atoms with van der Waals surface area (Å²) in [6.45, 7) is 1.51. The van der Waals surface area contributed by atoms with E-state index in [1.165, 1.54) is 20.0 Å². The Morgan fingerprint density at radius 3 is 2.62 bits per heavy atom. The second kappa shape index (κ2) is 2.89. The van der Waals surface area contributed by atoms with Crippen LogP contribution in [0.25, 0.3) is 0 Å². The average molecular weight is 183 g/mol. The summed E-state index contributed by atoms with van der Waals surface area (Å²) in [5.41, 5.74) is 5.13. The maximum absolute atomic E-state index is 11.2. The second-order valence-electron chi connectivity index (χ2n) is 2.72. The number of aromatic nitrogens is 1. The Morgan fingerprint density at radius 2 is 2.15 bits per heavy atom. The number of nitrogen functional groups attached to an aromatic ring is 1. The van der Waals surface area contributed by atoms with Crippen LogP contribution in [0.15, 0.2) is 10.9 Å². The van der Waals surface area contributed by atoms with Gasteiger partial charge >= 0.3 is 5.69 Å². The van der Waals surface area contributed by atoms with Crippen molar-refractivity contribution in [2.24, 2.45) is 7.05 Å². The predicted molar refractivity (Wildman–Crippen MR) is 47.5 cm³/mol. The van der Waals surface area contributed by atoms with Crippen LogP contribution in [-0.2, 0) is 7.05 Å². The molecule has 6 nitrogen and oxygen atoms in total. The van der Waals surface area contributed by atoms with Crippen LogP contribution in [0, 0.1) is 17.0 Å². The van der Waals surface area contributed by atoms with Crippen molar-refractivity contribution in [1.29, 1.82) is 0 Å². The van der Waals surface area contributed by atoms with Crippen molar-refractivity contribution in [2.45, 2.75) is 6.92 Å². The molecule has 1 aromatic rings. The Kier molecular flexibility index (Phi) is 2.05. The molecule has 0 bridgehead atoms. The molecular weight excluding hydrogens is 174 g/mol. The van der Waals surface area contributed by atoms with Crippen LogP contribution in [0.1, 0.15) is 5.56 Å². The van der Waals surface area contributed by atoms with Crippen molar-refractivity contribution in [3.05, 3.63) is 32.1 Å². The van der Waals surface area contributed by atoms with E-state index in [0.717, 1.165) is 4.57 Å². The molecule has 0 aromatic carbocycles. The third-order valence-corrected chi connectivity index (χ3v) is 1.82. The van der Waals surface area contributed by atoms with Crippen molar-refractivity contribution in [3.63, 3.8) is 0 Å². The highest BCUT2D eigenvalue weighted by Crippen LogP contribution is 2.18. The molecule has 1 heterocycles. The molecule has 1 rings (SSSR count). The SMILES string of the molecule is Cc1cc([N+](=O)[O-])c(N)n(C)c1=O. The summed E-state index contributed by atoms with van der Waals surface area (Å²) in [6.07, 6.45) is 0. The van der Waals surface area contributed by atoms with Gasteiger partial charge in [-0.05, 0) is 6.92 Å². The topological polar surface area (TPSA) is 91.2 Å². The third kappa shape index (κ3) is 1.37. The van der Waals surface area contributed by atoms with Gasteiger partial charge in [-0.1, -0.05) is 0 Å². The lowest BCUT2D eigenvalue weighted by molar-refractivity contribution is -0.384. The van der Waals surface area contributed by atoms with Gasteiger partial charge in [0.2, 0.25) is 0 Å². The number of rotatable bonds is 1. The molecule has 6 heteroatoms. The highest BCUT2D eigenvalue weighted by atomic mass is 16.6. The summed E-state index contributed by atoms with van der Waals surface area (Å²) in [5, 5.41) is 10.4. The van der Waals surface area contributed by atoms with E-state index in [0.29, 0.717) is 5.56 Å². The van der Waals surface area contributed by atoms with Gasteiger partial charge in [-0.25, -0.2) is 0 Å². The lowest BCUT2D eigenvalue weighted by Crippen LogP contribution is -2.22. The van der Waals surface area contributed by atoms with Gasteiger partial charge in [0, 0.05) is 18.7 Å². The number of nitrogens with two attached hydrogens (primary N) is 1. The third-order valence-electron chi connectivity index (χ3n) is 1.82. The number of hydrogen-bond acceptors (Lipinski definition) is 4. The summed E-state index contributed by atoms with van der Waals surface area (Å²) >= 11 is 0. The first-order valence-corrected chi connectivity index (χ1v) is 3.55. The zero-order valence-electron chi connectivity index (χ0n) is 7.27. The minimum atomic E-state index is -0.609. The minimum Gasteiger partial charge on any atom is -0.379 e. The summed E-state index contributed by atoms with van der Waals surface area (Å²) in [4.78, 5) is 21.1. The van der Waals surface area contributed by atoms with E-state index >= 15 is 0 Å². The predicted octanol–water partition coefficient (Wildman–Crippen LogP) is 0.184. The fourth-order valence-electron chi connectivity index (χ4n) is 1.03. The molecule has 0 atom stereocenters. The van der Waals surface area contributed by atoms with Gasteiger partial charge in [0.25, 0.3) is 5.56 Å². The molecule has 0 amide bonds. The Labute approximate surface area is 73.7 Å². The van der Waals surface area contributed by atoms with Crippen LogP contribution in [0.3, 0.4) is 0 Å². The second-order valence-corrected chi connectivity index (χ2v) is 2.72. The molecule has 0 saturated heterocycles. The molecule has 0 saturated carbocycles. The van der Waals surface area contributed by atoms with Crippen LogP contribution in [0.4, 0.5) is 11.5 Å². The van der Waals surface area contributed by atoms with Crippen LogP contribution in [0.5, 0.6) is 0 Å². The van der Waals surface area contributed by atoms with Crippen LogP contribution < -0.4 is 11.3 Å². The number of nitro groups is 1. The lowest BCUT2D eigenvalue weighted by Gasteiger charge is -2.04. The summed E-state index contributed by atoms with van der Waals surface area (Å²) in [7, 11) is 1.40. The zero-order valence-corrected chi connectivity index (χ0v) is 7.27. The quantitative estimate of drug-likeness (QED) is 0.496. The number of hydrogen-bond donors (Lipinski definition) is 1. The van der Waals surface area contributed by atoms with Crippen molar-refractivity contribution in [2.75, 3.05) is 5.73 Å².